The first-order valence-corrected chi connectivity index (χ1v) is 6.68. The Kier molecular flexibility index (Phi) is 3.57. The molecule has 2 N–H and O–H groups in total. The third-order valence-electron chi connectivity index (χ3n) is 2.89. The number of hydrogen-bond acceptors (Lipinski definition) is 4. The van der Waals surface area contributed by atoms with Crippen LogP contribution in [0.15, 0.2) is 6.07 Å². The van der Waals surface area contributed by atoms with E-state index in [1.165, 1.54) is 11.3 Å². The molecule has 2 amide bonds. The molecule has 0 spiro atoms. The average molecular weight is 280 g/mol. The fraction of sp³-hybridized carbons (Fsp3) is 0.417. The number of nitrogens with two attached hydrogens (primary N) is 1. The number of fused-ring (bicyclic) bond motifs is 1. The average Bonchev–Trinajstić information content (AvgIpc) is 2.88. The van der Waals surface area contributed by atoms with E-state index in [0.29, 0.717) is 17.8 Å². The molecule has 0 aromatic carbocycles. The van der Waals surface area contributed by atoms with Crippen LogP contribution in [0.25, 0.3) is 10.2 Å². The Balaban J connectivity index is 2.28. The van der Waals surface area contributed by atoms with Crippen molar-refractivity contribution in [2.24, 2.45) is 5.73 Å². The van der Waals surface area contributed by atoms with E-state index in [9.17, 15) is 9.59 Å². The van der Waals surface area contributed by atoms with Crippen LogP contribution in [0.4, 0.5) is 0 Å². The number of hydrogen-bond donors (Lipinski definition) is 1. The van der Waals surface area contributed by atoms with Crippen LogP contribution in [0.5, 0.6) is 0 Å². The number of primary amides is 1. The molecular weight excluding hydrogens is 264 g/mol. The van der Waals surface area contributed by atoms with E-state index in [0.717, 1.165) is 15.9 Å². The fourth-order valence-electron chi connectivity index (χ4n) is 1.81. The van der Waals surface area contributed by atoms with E-state index in [1.807, 2.05) is 6.92 Å². The summed E-state index contributed by atoms with van der Waals surface area (Å²) < 4.78 is 1.77. The van der Waals surface area contributed by atoms with Gasteiger partial charge in [-0.15, -0.1) is 11.3 Å². The van der Waals surface area contributed by atoms with E-state index in [4.69, 9.17) is 5.73 Å². The van der Waals surface area contributed by atoms with Crippen molar-refractivity contribution in [3.05, 3.63) is 16.6 Å². The van der Waals surface area contributed by atoms with Crippen molar-refractivity contribution < 1.29 is 9.59 Å². The predicted octanol–water partition coefficient (Wildman–Crippen LogP) is 0.983. The Morgan fingerprint density at radius 3 is 2.74 bits per heavy atom. The smallest absolute Gasteiger partial charge is 0.258 e. The topological polar surface area (TPSA) is 81.2 Å². The molecule has 2 aromatic heterocycles. The van der Waals surface area contributed by atoms with Crippen LogP contribution in [0.2, 0.25) is 0 Å². The molecule has 0 aliphatic carbocycles. The van der Waals surface area contributed by atoms with E-state index in [1.54, 1.807) is 29.7 Å². The van der Waals surface area contributed by atoms with Crippen molar-refractivity contribution in [3.63, 3.8) is 0 Å². The molecule has 0 radical (unpaired) electrons. The maximum atomic E-state index is 11.6. The van der Waals surface area contributed by atoms with Crippen LogP contribution in [0, 0.1) is 6.92 Å². The van der Waals surface area contributed by atoms with Gasteiger partial charge in [0.15, 0.2) is 0 Å². The fourth-order valence-corrected chi connectivity index (χ4v) is 2.85. The molecule has 2 aromatic rings. The number of rotatable bonds is 4. The number of carbonyl (C=O) groups is 2. The van der Waals surface area contributed by atoms with E-state index >= 15 is 0 Å². The molecule has 6 nitrogen and oxygen atoms in total. The van der Waals surface area contributed by atoms with E-state index in [-0.39, 0.29) is 5.91 Å². The van der Waals surface area contributed by atoms with Crippen molar-refractivity contribution in [2.45, 2.75) is 19.9 Å². The summed E-state index contributed by atoms with van der Waals surface area (Å²) in [5, 5.41) is 5.31. The summed E-state index contributed by atoms with van der Waals surface area (Å²) in [5.41, 5.74) is 6.12. The summed E-state index contributed by atoms with van der Waals surface area (Å²) in [6, 6.07) is 1.76. The number of carbonyl (C=O) groups excluding carboxylic acids is 2. The molecule has 7 heteroatoms. The van der Waals surface area contributed by atoms with Crippen LogP contribution in [-0.4, -0.2) is 40.6 Å². The second kappa shape index (κ2) is 5.00. The third kappa shape index (κ3) is 2.60. The van der Waals surface area contributed by atoms with E-state index in [2.05, 4.69) is 5.10 Å². The van der Waals surface area contributed by atoms with Gasteiger partial charge < -0.3 is 10.6 Å². The molecule has 0 saturated carbocycles. The Labute approximate surface area is 114 Å². The van der Waals surface area contributed by atoms with Gasteiger partial charge in [-0.05, 0) is 13.0 Å². The number of aromatic nitrogens is 2. The first-order valence-electron chi connectivity index (χ1n) is 5.87. The molecule has 0 saturated heterocycles. The largest absolute Gasteiger partial charge is 0.365 e. The summed E-state index contributed by atoms with van der Waals surface area (Å²) in [6.45, 7) is 2.38. The minimum Gasteiger partial charge on any atom is -0.365 e. The molecule has 0 aliphatic rings. The summed E-state index contributed by atoms with van der Waals surface area (Å²) in [5.74, 6) is -0.385. The standard InChI is InChI=1S/C12H16N4O2S/c1-7-8-6-9(11(13)18)19-12(8)16(14-7)5-4-10(17)15(2)3/h6H,4-5H2,1-3H3,(H2,13,18). The van der Waals surface area contributed by atoms with Crippen molar-refractivity contribution >= 4 is 33.4 Å². The zero-order valence-electron chi connectivity index (χ0n) is 11.1. The second-order valence-electron chi connectivity index (χ2n) is 4.54. The Morgan fingerprint density at radius 2 is 2.16 bits per heavy atom. The lowest BCUT2D eigenvalue weighted by atomic mass is 10.3. The molecule has 0 atom stereocenters. The highest BCUT2D eigenvalue weighted by molar-refractivity contribution is 7.20. The van der Waals surface area contributed by atoms with Crippen molar-refractivity contribution in [1.82, 2.24) is 14.7 Å². The third-order valence-corrected chi connectivity index (χ3v) is 4.05. The molecular formula is C12H16N4O2S. The molecule has 0 aliphatic heterocycles. The summed E-state index contributed by atoms with van der Waals surface area (Å²) in [6.07, 6.45) is 0.382. The summed E-state index contributed by atoms with van der Waals surface area (Å²) in [4.78, 5) is 25.7. The number of aryl methyl sites for hydroxylation is 2. The number of amides is 2. The van der Waals surface area contributed by atoms with Gasteiger partial charge in [0, 0.05) is 25.9 Å². The van der Waals surface area contributed by atoms with Crippen LogP contribution >= 0.6 is 11.3 Å². The van der Waals surface area contributed by atoms with Gasteiger partial charge in [-0.2, -0.15) is 5.10 Å². The van der Waals surface area contributed by atoms with Crippen molar-refractivity contribution in [1.29, 1.82) is 0 Å². The minimum atomic E-state index is -0.434. The highest BCUT2D eigenvalue weighted by Gasteiger charge is 2.15. The highest BCUT2D eigenvalue weighted by Crippen LogP contribution is 2.28. The Morgan fingerprint density at radius 1 is 1.47 bits per heavy atom. The van der Waals surface area contributed by atoms with Crippen LogP contribution < -0.4 is 5.73 Å². The Hall–Kier alpha value is -1.89. The van der Waals surface area contributed by atoms with Crippen LogP contribution in [-0.2, 0) is 11.3 Å². The first-order chi connectivity index (χ1) is 8.90. The maximum Gasteiger partial charge on any atom is 0.258 e. The molecule has 102 valence electrons. The van der Waals surface area contributed by atoms with Crippen molar-refractivity contribution in [3.8, 4) is 0 Å². The van der Waals surface area contributed by atoms with E-state index < -0.39 is 5.91 Å². The molecule has 0 fully saturated rings. The predicted molar refractivity (Wildman–Crippen MR) is 74.2 cm³/mol. The molecule has 19 heavy (non-hydrogen) atoms. The van der Waals surface area contributed by atoms with Gasteiger partial charge >= 0.3 is 0 Å². The SMILES string of the molecule is Cc1nn(CCC(=O)N(C)C)c2sc(C(N)=O)cc12. The molecule has 2 heterocycles. The van der Waals surface area contributed by atoms with Gasteiger partial charge in [0.25, 0.3) is 5.91 Å². The monoisotopic (exact) mass is 280 g/mol. The van der Waals surface area contributed by atoms with Gasteiger partial charge in [-0.1, -0.05) is 0 Å². The van der Waals surface area contributed by atoms with Gasteiger partial charge in [-0.3, -0.25) is 14.3 Å². The Bertz CT molecular complexity index is 641. The number of thiophene rings is 1. The normalized spacial score (nSPS) is 10.9. The van der Waals surface area contributed by atoms with Crippen LogP contribution in [0.1, 0.15) is 21.8 Å². The van der Waals surface area contributed by atoms with Crippen molar-refractivity contribution in [2.75, 3.05) is 14.1 Å². The quantitative estimate of drug-likeness (QED) is 0.906. The highest BCUT2D eigenvalue weighted by atomic mass is 32.1. The lowest BCUT2D eigenvalue weighted by molar-refractivity contribution is -0.128. The minimum absolute atomic E-state index is 0.0491. The van der Waals surface area contributed by atoms with Gasteiger partial charge in [0.05, 0.1) is 17.1 Å². The maximum absolute atomic E-state index is 11.6. The lowest BCUT2D eigenvalue weighted by Gasteiger charge is -2.09. The molecule has 0 unspecified atom stereocenters. The van der Waals surface area contributed by atoms with Crippen LogP contribution in [0.3, 0.4) is 0 Å². The second-order valence-corrected chi connectivity index (χ2v) is 5.57. The number of nitrogens with zero attached hydrogens (tertiary/aromatic N) is 3. The van der Waals surface area contributed by atoms with Gasteiger partial charge in [0.2, 0.25) is 5.91 Å². The molecule has 2 rings (SSSR count). The zero-order chi connectivity index (χ0) is 14.2. The molecule has 0 bridgehead atoms. The van der Waals surface area contributed by atoms with Gasteiger partial charge in [-0.25, -0.2) is 0 Å². The summed E-state index contributed by atoms with van der Waals surface area (Å²) in [7, 11) is 3.45. The first kappa shape index (κ1) is 13.5. The zero-order valence-corrected chi connectivity index (χ0v) is 12.0. The van der Waals surface area contributed by atoms with Gasteiger partial charge in [0.1, 0.15) is 4.83 Å². The summed E-state index contributed by atoms with van der Waals surface area (Å²) >= 11 is 1.31. The lowest BCUT2D eigenvalue weighted by Crippen LogP contribution is -2.23.